The number of amides is 1. The summed E-state index contributed by atoms with van der Waals surface area (Å²) in [5, 5.41) is 5.27. The number of rotatable bonds is 5. The molecule has 0 spiro atoms. The minimum Gasteiger partial charge on any atom is -0.335 e. The van der Waals surface area contributed by atoms with E-state index in [0.717, 1.165) is 5.56 Å². The van der Waals surface area contributed by atoms with Gasteiger partial charge in [-0.25, -0.2) is 13.6 Å². The summed E-state index contributed by atoms with van der Waals surface area (Å²) in [6, 6.07) is 6.73. The molecule has 0 atom stereocenters. The van der Waals surface area contributed by atoms with Crippen molar-refractivity contribution in [2.45, 2.75) is 32.2 Å². The van der Waals surface area contributed by atoms with E-state index in [1.165, 1.54) is 6.07 Å². The van der Waals surface area contributed by atoms with E-state index in [-0.39, 0.29) is 10.8 Å². The first-order valence-corrected chi connectivity index (χ1v) is 9.11. The molecule has 0 unspecified atom stereocenters. The van der Waals surface area contributed by atoms with Crippen LogP contribution in [0, 0.1) is 13.8 Å². The van der Waals surface area contributed by atoms with Gasteiger partial charge in [-0.05, 0) is 61.7 Å². The number of carbonyl (C=O) groups is 1. The number of pyridine rings is 1. The molecule has 1 amide bonds. The van der Waals surface area contributed by atoms with Gasteiger partial charge in [0, 0.05) is 31.0 Å². The molecule has 0 saturated carbocycles. The van der Waals surface area contributed by atoms with Gasteiger partial charge in [-0.15, -0.1) is 0 Å². The molecule has 0 aliphatic heterocycles. The zero-order valence-electron chi connectivity index (χ0n) is 14.0. The molecule has 0 aliphatic rings. The van der Waals surface area contributed by atoms with Crippen molar-refractivity contribution in [2.24, 2.45) is 5.14 Å². The zero-order chi connectivity index (χ0) is 17.9. The molecule has 0 fully saturated rings. The number of aromatic nitrogens is 1. The van der Waals surface area contributed by atoms with Gasteiger partial charge >= 0.3 is 0 Å². The third-order valence-corrected chi connectivity index (χ3v) is 5.00. The summed E-state index contributed by atoms with van der Waals surface area (Å²) in [5.74, 6) is -0.234. The second-order valence-electron chi connectivity index (χ2n) is 5.64. The van der Waals surface area contributed by atoms with Crippen LogP contribution in [0.3, 0.4) is 0 Å². The number of aryl methyl sites for hydroxylation is 1. The summed E-state index contributed by atoms with van der Waals surface area (Å²) in [6.07, 6.45) is 3.34. The maximum Gasteiger partial charge on any atom is 0.254 e. The Morgan fingerprint density at radius 1 is 1.21 bits per heavy atom. The molecule has 7 heteroatoms. The quantitative estimate of drug-likeness (QED) is 0.895. The lowest BCUT2D eigenvalue weighted by molar-refractivity contribution is 0.0752. The van der Waals surface area contributed by atoms with Crippen molar-refractivity contribution in [3.8, 4) is 0 Å². The lowest BCUT2D eigenvalue weighted by atomic mass is 10.0. The number of hydrogen-bond acceptors (Lipinski definition) is 4. The van der Waals surface area contributed by atoms with Gasteiger partial charge in [0.2, 0.25) is 10.0 Å². The van der Waals surface area contributed by atoms with E-state index in [2.05, 4.69) is 4.98 Å². The van der Waals surface area contributed by atoms with E-state index in [9.17, 15) is 13.2 Å². The monoisotopic (exact) mass is 347 g/mol. The molecule has 0 saturated heterocycles. The summed E-state index contributed by atoms with van der Waals surface area (Å²) < 4.78 is 23.5. The molecule has 6 nitrogen and oxygen atoms in total. The third-order valence-electron chi connectivity index (χ3n) is 3.96. The molecule has 24 heavy (non-hydrogen) atoms. The fraction of sp³-hybridized carbons (Fsp3) is 0.294. The fourth-order valence-corrected chi connectivity index (χ4v) is 3.34. The number of benzene rings is 1. The first-order valence-electron chi connectivity index (χ1n) is 7.56. The molecular formula is C17H21N3O3S. The van der Waals surface area contributed by atoms with E-state index in [1.54, 1.807) is 37.2 Å². The van der Waals surface area contributed by atoms with Crippen LogP contribution in [0.25, 0.3) is 0 Å². The van der Waals surface area contributed by atoms with Crippen molar-refractivity contribution in [1.82, 2.24) is 9.88 Å². The molecule has 0 aliphatic carbocycles. The minimum atomic E-state index is -3.88. The van der Waals surface area contributed by atoms with Gasteiger partial charge < -0.3 is 4.90 Å². The minimum absolute atomic E-state index is 0.00851. The number of carbonyl (C=O) groups excluding carboxylic acids is 1. The Bertz CT molecular complexity index is 849. The van der Waals surface area contributed by atoms with Gasteiger partial charge in [0.1, 0.15) is 0 Å². The van der Waals surface area contributed by atoms with Crippen LogP contribution in [-0.4, -0.2) is 30.8 Å². The smallest absolute Gasteiger partial charge is 0.254 e. The van der Waals surface area contributed by atoms with E-state index in [4.69, 9.17) is 5.14 Å². The molecule has 128 valence electrons. The summed E-state index contributed by atoms with van der Waals surface area (Å²) >= 11 is 0. The van der Waals surface area contributed by atoms with Crippen LogP contribution in [-0.2, 0) is 16.6 Å². The van der Waals surface area contributed by atoms with Crippen LogP contribution >= 0.6 is 0 Å². The topological polar surface area (TPSA) is 93.4 Å². The molecule has 0 bridgehead atoms. The maximum absolute atomic E-state index is 12.8. The molecule has 1 aromatic carbocycles. The van der Waals surface area contributed by atoms with E-state index in [1.807, 2.05) is 19.1 Å². The predicted octanol–water partition coefficient (Wildman–Crippen LogP) is 2.01. The van der Waals surface area contributed by atoms with Gasteiger partial charge in [-0.3, -0.25) is 9.78 Å². The van der Waals surface area contributed by atoms with Crippen molar-refractivity contribution in [1.29, 1.82) is 0 Å². The zero-order valence-corrected chi connectivity index (χ0v) is 14.8. The molecule has 2 N–H and O–H groups in total. The molecule has 2 aromatic rings. The Kier molecular flexibility index (Phi) is 5.36. The second-order valence-corrected chi connectivity index (χ2v) is 7.17. The Hall–Kier alpha value is -2.25. The molecular weight excluding hydrogens is 326 g/mol. The summed E-state index contributed by atoms with van der Waals surface area (Å²) in [7, 11) is -3.88. The van der Waals surface area contributed by atoms with Crippen molar-refractivity contribution < 1.29 is 13.2 Å². The lowest BCUT2D eigenvalue weighted by Gasteiger charge is -2.22. The highest BCUT2D eigenvalue weighted by atomic mass is 32.2. The number of nitrogens with two attached hydrogens (primary N) is 1. The maximum atomic E-state index is 12.8. The first-order chi connectivity index (χ1) is 11.2. The normalized spacial score (nSPS) is 11.3. The van der Waals surface area contributed by atoms with Gasteiger partial charge in [0.15, 0.2) is 0 Å². The average Bonchev–Trinajstić information content (AvgIpc) is 2.54. The van der Waals surface area contributed by atoms with Gasteiger partial charge in [0.05, 0.1) is 4.90 Å². The van der Waals surface area contributed by atoms with Crippen molar-refractivity contribution in [2.75, 3.05) is 6.54 Å². The number of sulfonamides is 1. The summed E-state index contributed by atoms with van der Waals surface area (Å²) in [4.78, 5) is 18.4. The van der Waals surface area contributed by atoms with Crippen molar-refractivity contribution >= 4 is 15.9 Å². The van der Waals surface area contributed by atoms with Crippen molar-refractivity contribution in [3.63, 3.8) is 0 Å². The Morgan fingerprint density at radius 3 is 2.38 bits per heavy atom. The Labute approximate surface area is 142 Å². The number of hydrogen-bond donors (Lipinski definition) is 1. The van der Waals surface area contributed by atoms with Gasteiger partial charge in [0.25, 0.3) is 5.91 Å². The highest BCUT2D eigenvalue weighted by Gasteiger charge is 2.20. The van der Waals surface area contributed by atoms with E-state index < -0.39 is 10.0 Å². The highest BCUT2D eigenvalue weighted by molar-refractivity contribution is 7.89. The van der Waals surface area contributed by atoms with E-state index >= 15 is 0 Å². The molecule has 1 heterocycles. The molecule has 1 aromatic heterocycles. The Morgan fingerprint density at radius 2 is 1.83 bits per heavy atom. The van der Waals surface area contributed by atoms with Crippen LogP contribution in [0.4, 0.5) is 0 Å². The predicted molar refractivity (Wildman–Crippen MR) is 91.9 cm³/mol. The first kappa shape index (κ1) is 18.1. The highest BCUT2D eigenvalue weighted by Crippen LogP contribution is 2.21. The van der Waals surface area contributed by atoms with Crippen LogP contribution in [0.1, 0.15) is 34.0 Å². The second kappa shape index (κ2) is 7.11. The third kappa shape index (κ3) is 3.98. The Balaban J connectivity index is 2.39. The summed E-state index contributed by atoms with van der Waals surface area (Å²) in [5.41, 5.74) is 2.55. The van der Waals surface area contributed by atoms with Crippen LogP contribution in [0.15, 0.2) is 41.6 Å². The standard InChI is InChI=1S/C17H21N3O3S/c1-4-20(11-14-5-7-19-8-6-14)17(21)15-9-12(2)13(3)16(10-15)24(18,22)23/h5-10H,4,11H2,1-3H3,(H2,18,22,23). The molecule has 2 rings (SSSR count). The van der Waals surface area contributed by atoms with Gasteiger partial charge in [-0.1, -0.05) is 0 Å². The number of nitrogens with zero attached hydrogens (tertiary/aromatic N) is 2. The van der Waals surface area contributed by atoms with Crippen molar-refractivity contribution in [3.05, 3.63) is 58.9 Å². The van der Waals surface area contributed by atoms with Crippen LogP contribution in [0.2, 0.25) is 0 Å². The lowest BCUT2D eigenvalue weighted by Crippen LogP contribution is -2.30. The van der Waals surface area contributed by atoms with Crippen LogP contribution in [0.5, 0.6) is 0 Å². The average molecular weight is 347 g/mol. The summed E-state index contributed by atoms with van der Waals surface area (Å²) in [6.45, 7) is 6.24. The van der Waals surface area contributed by atoms with E-state index in [0.29, 0.717) is 29.8 Å². The fourth-order valence-electron chi connectivity index (χ4n) is 2.46. The molecule has 0 radical (unpaired) electrons. The number of primary sulfonamides is 1. The largest absolute Gasteiger partial charge is 0.335 e. The van der Waals surface area contributed by atoms with Crippen LogP contribution < -0.4 is 5.14 Å². The SMILES string of the molecule is CCN(Cc1ccncc1)C(=O)c1cc(C)c(C)c(S(N)(=O)=O)c1. The van der Waals surface area contributed by atoms with Gasteiger partial charge in [-0.2, -0.15) is 0 Å².